The lowest BCUT2D eigenvalue weighted by Gasteiger charge is -2.06. The molecule has 0 radical (unpaired) electrons. The van der Waals surface area contributed by atoms with Crippen LogP contribution in [0.25, 0.3) is 0 Å². The zero-order valence-electron chi connectivity index (χ0n) is 7.55. The number of aliphatic hydroxyl groups excluding tert-OH is 1. The molecule has 4 heteroatoms. The maximum absolute atomic E-state index is 11.0. The van der Waals surface area contributed by atoms with E-state index in [1.165, 1.54) is 0 Å². The molecular weight excluding hydrogens is 156 g/mol. The van der Waals surface area contributed by atoms with Gasteiger partial charge < -0.3 is 16.2 Å². The number of carbonyl (C=O) groups excluding carboxylic acids is 1. The van der Waals surface area contributed by atoms with Crippen molar-refractivity contribution in [1.29, 1.82) is 0 Å². The molecule has 0 unspecified atom stereocenters. The highest BCUT2D eigenvalue weighted by molar-refractivity contribution is 5.75. The fourth-order valence-electron chi connectivity index (χ4n) is 0.780. The van der Waals surface area contributed by atoms with E-state index >= 15 is 0 Å². The van der Waals surface area contributed by atoms with Gasteiger partial charge in [0.2, 0.25) is 5.91 Å². The minimum Gasteiger partial charge on any atom is -0.392 e. The van der Waals surface area contributed by atoms with Crippen LogP contribution in [0.3, 0.4) is 0 Å². The molecule has 0 spiro atoms. The number of amides is 1. The monoisotopic (exact) mass is 174 g/mol. The normalized spacial score (nSPS) is 12.6. The average molecular weight is 174 g/mol. The third-order valence-corrected chi connectivity index (χ3v) is 1.45. The summed E-state index contributed by atoms with van der Waals surface area (Å²) in [5.74, 6) is -0.00986. The Morgan fingerprint density at radius 2 is 2.25 bits per heavy atom. The number of rotatable bonds is 6. The van der Waals surface area contributed by atoms with Gasteiger partial charge in [-0.15, -0.1) is 0 Å². The Bertz CT molecular complexity index is 126. The fourth-order valence-corrected chi connectivity index (χ4v) is 0.780. The van der Waals surface area contributed by atoms with Gasteiger partial charge in [-0.05, 0) is 26.3 Å². The summed E-state index contributed by atoms with van der Waals surface area (Å²) in [6.07, 6.45) is 1.73. The van der Waals surface area contributed by atoms with Crippen molar-refractivity contribution in [2.75, 3.05) is 13.1 Å². The van der Waals surface area contributed by atoms with Crippen LogP contribution >= 0.6 is 0 Å². The van der Waals surface area contributed by atoms with Gasteiger partial charge in [-0.2, -0.15) is 0 Å². The summed E-state index contributed by atoms with van der Waals surface area (Å²) in [4.78, 5) is 11.0. The van der Waals surface area contributed by atoms with Crippen LogP contribution in [-0.4, -0.2) is 30.2 Å². The zero-order valence-corrected chi connectivity index (χ0v) is 7.55. The van der Waals surface area contributed by atoms with Crippen molar-refractivity contribution in [2.24, 2.45) is 5.73 Å². The predicted molar refractivity (Wildman–Crippen MR) is 47.6 cm³/mol. The maximum Gasteiger partial charge on any atom is 0.220 e. The maximum atomic E-state index is 11.0. The van der Waals surface area contributed by atoms with E-state index in [1.807, 2.05) is 0 Å². The number of carbonyl (C=O) groups is 1. The minimum absolute atomic E-state index is 0.00986. The van der Waals surface area contributed by atoms with E-state index in [2.05, 4.69) is 5.32 Å². The number of unbranched alkanes of at least 4 members (excludes halogenated alkanes) is 1. The highest BCUT2D eigenvalue weighted by atomic mass is 16.3. The Morgan fingerprint density at radius 3 is 2.75 bits per heavy atom. The zero-order chi connectivity index (χ0) is 9.40. The fraction of sp³-hybridized carbons (Fsp3) is 0.875. The SMILES string of the molecule is C[C@H](O)CNC(=O)CCCCN. The van der Waals surface area contributed by atoms with Crippen molar-refractivity contribution in [2.45, 2.75) is 32.3 Å². The van der Waals surface area contributed by atoms with Gasteiger partial charge in [-0.1, -0.05) is 0 Å². The third kappa shape index (κ3) is 7.50. The molecule has 0 saturated carbocycles. The molecule has 0 aromatic carbocycles. The number of hydrogen-bond donors (Lipinski definition) is 3. The summed E-state index contributed by atoms with van der Waals surface area (Å²) in [5.41, 5.74) is 5.27. The standard InChI is InChI=1S/C8H18N2O2/c1-7(11)6-10-8(12)4-2-3-5-9/h7,11H,2-6,9H2,1H3,(H,10,12)/t7-/m0/s1. The van der Waals surface area contributed by atoms with Crippen molar-refractivity contribution in [3.63, 3.8) is 0 Å². The Balaban J connectivity index is 3.22. The molecule has 0 rings (SSSR count). The highest BCUT2D eigenvalue weighted by Gasteiger charge is 2.01. The second kappa shape index (κ2) is 7.06. The van der Waals surface area contributed by atoms with Gasteiger partial charge >= 0.3 is 0 Å². The quantitative estimate of drug-likeness (QED) is 0.480. The molecule has 4 N–H and O–H groups in total. The molecular formula is C8H18N2O2. The van der Waals surface area contributed by atoms with Gasteiger partial charge in [-0.3, -0.25) is 4.79 Å². The minimum atomic E-state index is -0.469. The molecule has 0 aliphatic carbocycles. The van der Waals surface area contributed by atoms with Gasteiger partial charge in [0.1, 0.15) is 0 Å². The summed E-state index contributed by atoms with van der Waals surface area (Å²) < 4.78 is 0. The molecule has 0 aliphatic rings. The van der Waals surface area contributed by atoms with Gasteiger partial charge in [0.05, 0.1) is 6.10 Å². The molecule has 0 heterocycles. The third-order valence-electron chi connectivity index (χ3n) is 1.45. The largest absolute Gasteiger partial charge is 0.392 e. The Labute approximate surface area is 73.1 Å². The number of nitrogens with one attached hydrogen (secondary N) is 1. The van der Waals surface area contributed by atoms with Crippen LogP contribution in [0.1, 0.15) is 26.2 Å². The second-order valence-corrected chi connectivity index (χ2v) is 2.90. The molecule has 0 aliphatic heterocycles. The number of hydrogen-bond acceptors (Lipinski definition) is 3. The van der Waals surface area contributed by atoms with Crippen LogP contribution in [0, 0.1) is 0 Å². The summed E-state index contributed by atoms with van der Waals surface area (Å²) in [7, 11) is 0. The Kier molecular flexibility index (Phi) is 6.70. The van der Waals surface area contributed by atoms with Crippen LogP contribution < -0.4 is 11.1 Å². The molecule has 0 saturated heterocycles. The molecule has 72 valence electrons. The summed E-state index contributed by atoms with van der Waals surface area (Å²) in [6.45, 7) is 2.60. The van der Waals surface area contributed by atoms with Crippen LogP contribution in [0.5, 0.6) is 0 Å². The van der Waals surface area contributed by atoms with Crippen molar-refractivity contribution in [1.82, 2.24) is 5.32 Å². The van der Waals surface area contributed by atoms with Crippen molar-refractivity contribution >= 4 is 5.91 Å². The molecule has 4 nitrogen and oxygen atoms in total. The molecule has 0 aromatic rings. The molecule has 1 atom stereocenters. The first-order valence-electron chi connectivity index (χ1n) is 4.31. The van der Waals surface area contributed by atoms with E-state index in [1.54, 1.807) is 6.92 Å². The van der Waals surface area contributed by atoms with Gasteiger partial charge in [0.15, 0.2) is 0 Å². The number of nitrogens with two attached hydrogens (primary N) is 1. The lowest BCUT2D eigenvalue weighted by atomic mass is 10.2. The Morgan fingerprint density at radius 1 is 1.58 bits per heavy atom. The first-order valence-corrected chi connectivity index (χ1v) is 4.31. The van der Waals surface area contributed by atoms with Crippen molar-refractivity contribution in [3.8, 4) is 0 Å². The second-order valence-electron chi connectivity index (χ2n) is 2.90. The average Bonchev–Trinajstić information content (AvgIpc) is 2.01. The molecule has 12 heavy (non-hydrogen) atoms. The summed E-state index contributed by atoms with van der Waals surface area (Å²) in [6, 6.07) is 0. The first-order chi connectivity index (χ1) is 5.66. The van der Waals surface area contributed by atoms with E-state index in [9.17, 15) is 4.79 Å². The van der Waals surface area contributed by atoms with Gasteiger partial charge in [0.25, 0.3) is 0 Å². The highest BCUT2D eigenvalue weighted by Crippen LogP contribution is 1.92. The first kappa shape index (κ1) is 11.4. The van der Waals surface area contributed by atoms with E-state index in [4.69, 9.17) is 10.8 Å². The lowest BCUT2D eigenvalue weighted by Crippen LogP contribution is -2.30. The summed E-state index contributed by atoms with van der Waals surface area (Å²) in [5, 5.41) is 11.4. The van der Waals surface area contributed by atoms with Crippen LogP contribution in [0.2, 0.25) is 0 Å². The van der Waals surface area contributed by atoms with Crippen molar-refractivity contribution in [3.05, 3.63) is 0 Å². The molecule has 0 bridgehead atoms. The van der Waals surface area contributed by atoms with Gasteiger partial charge in [-0.25, -0.2) is 0 Å². The molecule has 1 amide bonds. The lowest BCUT2D eigenvalue weighted by molar-refractivity contribution is -0.121. The molecule has 0 aromatic heterocycles. The van der Waals surface area contributed by atoms with Crippen LogP contribution in [0.4, 0.5) is 0 Å². The number of aliphatic hydroxyl groups is 1. The van der Waals surface area contributed by atoms with E-state index in [0.717, 1.165) is 12.8 Å². The predicted octanol–water partition coefficient (Wildman–Crippen LogP) is -0.388. The van der Waals surface area contributed by atoms with E-state index < -0.39 is 6.10 Å². The van der Waals surface area contributed by atoms with Gasteiger partial charge in [0, 0.05) is 13.0 Å². The van der Waals surface area contributed by atoms with Crippen LogP contribution in [-0.2, 0) is 4.79 Å². The Hall–Kier alpha value is -0.610. The smallest absolute Gasteiger partial charge is 0.220 e. The van der Waals surface area contributed by atoms with Crippen LogP contribution in [0.15, 0.2) is 0 Å². The summed E-state index contributed by atoms with van der Waals surface area (Å²) >= 11 is 0. The van der Waals surface area contributed by atoms with Crippen molar-refractivity contribution < 1.29 is 9.90 Å². The van der Waals surface area contributed by atoms with E-state index in [-0.39, 0.29) is 5.91 Å². The topological polar surface area (TPSA) is 75.3 Å². The molecule has 0 fully saturated rings. The van der Waals surface area contributed by atoms with E-state index in [0.29, 0.717) is 19.5 Å².